The van der Waals surface area contributed by atoms with Gasteiger partial charge in [-0.2, -0.15) is 0 Å². The third-order valence-electron chi connectivity index (χ3n) is 3.78. The second-order valence-corrected chi connectivity index (χ2v) is 4.58. The van der Waals surface area contributed by atoms with E-state index in [0.29, 0.717) is 5.78 Å². The molecule has 3 aliphatic rings. The van der Waals surface area contributed by atoms with Crippen LogP contribution in [-0.4, -0.2) is 30.3 Å². The number of unbranched alkanes of at least 4 members (excludes halogenated alkanes) is 1. The molecule has 3 fully saturated rings. The van der Waals surface area contributed by atoms with Crippen molar-refractivity contribution in [1.29, 1.82) is 0 Å². The Morgan fingerprint density at radius 3 is 2.62 bits per heavy atom. The zero-order chi connectivity index (χ0) is 9.31. The van der Waals surface area contributed by atoms with Gasteiger partial charge in [-0.05, 0) is 32.4 Å². The van der Waals surface area contributed by atoms with Crippen LogP contribution in [0.15, 0.2) is 0 Å². The summed E-state index contributed by atoms with van der Waals surface area (Å²) in [6.07, 6.45) is 5.86. The molecule has 3 aliphatic heterocycles. The summed E-state index contributed by atoms with van der Waals surface area (Å²) in [5.74, 6) is 0.526. The minimum atomic E-state index is 0.116. The fourth-order valence-electron chi connectivity index (χ4n) is 2.69. The first kappa shape index (κ1) is 9.20. The fraction of sp³-hybridized carbons (Fsp3) is 0.909. The molecule has 2 bridgehead atoms. The Balaban J connectivity index is 2.04. The van der Waals surface area contributed by atoms with Crippen LogP contribution in [-0.2, 0) is 4.79 Å². The predicted molar refractivity (Wildman–Crippen MR) is 52.6 cm³/mol. The molecule has 0 unspecified atom stereocenters. The summed E-state index contributed by atoms with van der Waals surface area (Å²) in [5, 5.41) is 0. The molecule has 0 atom stereocenters. The van der Waals surface area contributed by atoms with Crippen molar-refractivity contribution in [3.63, 3.8) is 0 Å². The molecule has 3 saturated heterocycles. The number of hydrogen-bond donors (Lipinski definition) is 0. The second kappa shape index (κ2) is 3.41. The van der Waals surface area contributed by atoms with Crippen molar-refractivity contribution in [2.24, 2.45) is 5.41 Å². The summed E-state index contributed by atoms with van der Waals surface area (Å²) in [5.41, 5.74) is 0.116. The van der Waals surface area contributed by atoms with Crippen LogP contribution in [0.5, 0.6) is 0 Å². The van der Waals surface area contributed by atoms with Gasteiger partial charge in [0.1, 0.15) is 0 Å². The van der Waals surface area contributed by atoms with Crippen LogP contribution in [0.1, 0.15) is 39.0 Å². The third kappa shape index (κ3) is 1.52. The van der Waals surface area contributed by atoms with Gasteiger partial charge in [-0.1, -0.05) is 19.8 Å². The van der Waals surface area contributed by atoms with Crippen LogP contribution in [0.25, 0.3) is 0 Å². The molecule has 3 heterocycles. The lowest BCUT2D eigenvalue weighted by molar-refractivity contribution is -0.140. The van der Waals surface area contributed by atoms with E-state index in [1.54, 1.807) is 0 Å². The number of rotatable bonds is 3. The summed E-state index contributed by atoms with van der Waals surface area (Å²) in [6.45, 7) is 5.27. The lowest BCUT2D eigenvalue weighted by Crippen LogP contribution is -2.54. The maximum absolute atomic E-state index is 11.8. The van der Waals surface area contributed by atoms with E-state index >= 15 is 0 Å². The van der Waals surface area contributed by atoms with Gasteiger partial charge in [-0.15, -0.1) is 0 Å². The van der Waals surface area contributed by atoms with Gasteiger partial charge in [0.25, 0.3) is 0 Å². The van der Waals surface area contributed by atoms with Gasteiger partial charge in [-0.3, -0.25) is 9.69 Å². The normalized spacial score (nSPS) is 38.2. The molecule has 0 amide bonds. The van der Waals surface area contributed by atoms with E-state index in [1.165, 1.54) is 12.8 Å². The van der Waals surface area contributed by atoms with E-state index in [1.807, 2.05) is 0 Å². The van der Waals surface area contributed by atoms with Gasteiger partial charge in [0.2, 0.25) is 0 Å². The molecular weight excluding hydrogens is 162 g/mol. The van der Waals surface area contributed by atoms with E-state index in [9.17, 15) is 4.79 Å². The summed E-state index contributed by atoms with van der Waals surface area (Å²) in [4.78, 5) is 14.1. The average molecular weight is 181 g/mol. The average Bonchev–Trinajstić information content (AvgIpc) is 2.17. The molecule has 0 spiro atoms. The van der Waals surface area contributed by atoms with E-state index in [2.05, 4.69) is 11.8 Å². The molecule has 3 rings (SSSR count). The molecule has 2 nitrogen and oxygen atoms in total. The second-order valence-electron chi connectivity index (χ2n) is 4.58. The largest absolute Gasteiger partial charge is 0.298 e. The standard InChI is InChI=1S/C11H19NO/c1-2-3-4-11-5-7-12(8-6-11)9-10(11)13/h2-9H2,1H3. The summed E-state index contributed by atoms with van der Waals surface area (Å²) in [6, 6.07) is 0. The number of ketones is 1. The quantitative estimate of drug-likeness (QED) is 0.662. The lowest BCUT2D eigenvalue weighted by Gasteiger charge is -2.47. The van der Waals surface area contributed by atoms with Crippen molar-refractivity contribution in [3.05, 3.63) is 0 Å². The van der Waals surface area contributed by atoms with Gasteiger partial charge in [0.15, 0.2) is 5.78 Å². The summed E-state index contributed by atoms with van der Waals surface area (Å²) >= 11 is 0. The highest BCUT2D eigenvalue weighted by Gasteiger charge is 2.45. The van der Waals surface area contributed by atoms with Crippen molar-refractivity contribution >= 4 is 5.78 Å². The molecule has 13 heavy (non-hydrogen) atoms. The molecule has 74 valence electrons. The van der Waals surface area contributed by atoms with Gasteiger partial charge in [0.05, 0.1) is 6.54 Å². The summed E-state index contributed by atoms with van der Waals surface area (Å²) in [7, 11) is 0. The van der Waals surface area contributed by atoms with E-state index < -0.39 is 0 Å². The number of fused-ring (bicyclic) bond motifs is 3. The molecule has 0 N–H and O–H groups in total. The lowest BCUT2D eigenvalue weighted by atomic mass is 9.68. The number of Topliss-reactive ketones (excluding diaryl/α,β-unsaturated/α-hetero) is 1. The van der Waals surface area contributed by atoms with Crippen molar-refractivity contribution in [2.45, 2.75) is 39.0 Å². The van der Waals surface area contributed by atoms with E-state index in [-0.39, 0.29) is 5.41 Å². The zero-order valence-electron chi connectivity index (χ0n) is 8.51. The molecule has 0 saturated carbocycles. The number of nitrogens with zero attached hydrogens (tertiary/aromatic N) is 1. The molecule has 0 aromatic heterocycles. The highest BCUT2D eigenvalue weighted by atomic mass is 16.1. The van der Waals surface area contributed by atoms with Crippen molar-refractivity contribution in [3.8, 4) is 0 Å². The minimum Gasteiger partial charge on any atom is -0.298 e. The summed E-state index contributed by atoms with van der Waals surface area (Å²) < 4.78 is 0. The predicted octanol–water partition coefficient (Wildman–Crippen LogP) is 1.84. The van der Waals surface area contributed by atoms with Gasteiger partial charge in [-0.25, -0.2) is 0 Å². The van der Waals surface area contributed by atoms with Crippen LogP contribution in [0.3, 0.4) is 0 Å². The first-order chi connectivity index (χ1) is 6.27. The Morgan fingerprint density at radius 1 is 1.38 bits per heavy atom. The van der Waals surface area contributed by atoms with Crippen molar-refractivity contribution in [2.75, 3.05) is 19.6 Å². The molecule has 2 heteroatoms. The highest BCUT2D eigenvalue weighted by molar-refractivity contribution is 5.88. The van der Waals surface area contributed by atoms with E-state index in [4.69, 9.17) is 0 Å². The van der Waals surface area contributed by atoms with Crippen LogP contribution in [0.4, 0.5) is 0 Å². The van der Waals surface area contributed by atoms with E-state index in [0.717, 1.165) is 38.9 Å². The highest BCUT2D eigenvalue weighted by Crippen LogP contribution is 2.41. The van der Waals surface area contributed by atoms with Crippen molar-refractivity contribution in [1.82, 2.24) is 4.90 Å². The minimum absolute atomic E-state index is 0.116. The van der Waals surface area contributed by atoms with Gasteiger partial charge in [0, 0.05) is 5.41 Å². The Hall–Kier alpha value is -0.370. The molecule has 0 aromatic rings. The van der Waals surface area contributed by atoms with Crippen LogP contribution in [0.2, 0.25) is 0 Å². The number of piperidine rings is 3. The SMILES string of the molecule is CCCCC12CCN(CC1)CC2=O. The van der Waals surface area contributed by atoms with Crippen LogP contribution < -0.4 is 0 Å². The molecule has 0 radical (unpaired) electrons. The topological polar surface area (TPSA) is 20.3 Å². The van der Waals surface area contributed by atoms with Crippen molar-refractivity contribution < 1.29 is 4.79 Å². The molecule has 0 aliphatic carbocycles. The van der Waals surface area contributed by atoms with Gasteiger partial charge < -0.3 is 0 Å². The first-order valence-corrected chi connectivity index (χ1v) is 5.52. The number of carbonyl (C=O) groups excluding carboxylic acids is 1. The zero-order valence-corrected chi connectivity index (χ0v) is 8.51. The number of hydrogen-bond acceptors (Lipinski definition) is 2. The Bertz CT molecular complexity index is 204. The Morgan fingerprint density at radius 2 is 2.08 bits per heavy atom. The van der Waals surface area contributed by atoms with Gasteiger partial charge >= 0.3 is 0 Å². The number of carbonyl (C=O) groups is 1. The molecular formula is C11H19NO. The maximum atomic E-state index is 11.8. The third-order valence-corrected chi connectivity index (χ3v) is 3.78. The maximum Gasteiger partial charge on any atom is 0.153 e. The Labute approximate surface area is 80.3 Å². The Kier molecular flexibility index (Phi) is 2.41. The molecule has 0 aromatic carbocycles. The first-order valence-electron chi connectivity index (χ1n) is 5.52. The van der Waals surface area contributed by atoms with Crippen LogP contribution in [0, 0.1) is 5.41 Å². The monoisotopic (exact) mass is 181 g/mol. The van der Waals surface area contributed by atoms with Crippen LogP contribution >= 0.6 is 0 Å². The fourth-order valence-corrected chi connectivity index (χ4v) is 2.69. The smallest absolute Gasteiger partial charge is 0.153 e.